The lowest BCUT2D eigenvalue weighted by Gasteiger charge is -2.51. The molecule has 6 fully saturated rings. The van der Waals surface area contributed by atoms with E-state index >= 15 is 0 Å². The fourth-order valence-corrected chi connectivity index (χ4v) is 9.53. The zero-order chi connectivity index (χ0) is 42.3. The maximum atomic E-state index is 14.0. The number of aromatic nitrogens is 1. The first kappa shape index (κ1) is 43.7. The van der Waals surface area contributed by atoms with Crippen LogP contribution in [-0.4, -0.2) is 100.0 Å². The standard InChI is InChI=1S/C42H44F3N9O5S.ClH/c1-2-25-17-28(54-40(60)53(39(58)41(54)13-4-14-41)31-19-32(42(43,44)45)34(20-46)47-21-31)9-11-35(25)59-16-15-51-22-30-8-7-29(51)23-52(30)24-37(56)49-27-6-3-5-26(18-27)48-33-10-12-36(55)50-38(33)57;/h3,5-6,9,11,17-19,21,29-30,33,48H,2,4,7-8,10,12-16,22-24H2,1H3,(H,49,56)(H,50,55,57);1H/t29-,30+,33?;/m1./s1. The van der Waals surface area contributed by atoms with E-state index in [0.717, 1.165) is 55.1 Å². The number of anilines is 4. The summed E-state index contributed by atoms with van der Waals surface area (Å²) in [6.07, 6.45) is 1.27. The highest BCUT2D eigenvalue weighted by molar-refractivity contribution is 7.81. The zero-order valence-electron chi connectivity index (χ0n) is 33.3. The van der Waals surface area contributed by atoms with E-state index in [1.165, 1.54) is 6.07 Å². The number of fused-ring (bicyclic) bond motifs is 3. The van der Waals surface area contributed by atoms with Crippen LogP contribution in [0.25, 0.3) is 0 Å². The number of ether oxygens (including phenoxy) is 1. The summed E-state index contributed by atoms with van der Waals surface area (Å²) in [6, 6.07) is 15.0. The molecule has 14 nitrogen and oxygen atoms in total. The molecular formula is C42H45ClF3N9O5S. The van der Waals surface area contributed by atoms with Crippen molar-refractivity contribution in [3.05, 3.63) is 71.5 Å². The lowest BCUT2D eigenvalue weighted by Crippen LogP contribution is -2.63. The minimum atomic E-state index is -4.85. The van der Waals surface area contributed by atoms with Crippen molar-refractivity contribution in [2.75, 3.05) is 53.2 Å². The first-order chi connectivity index (χ1) is 28.8. The Balaban J connectivity index is 0.00000561. The Kier molecular flexibility index (Phi) is 12.6. The molecule has 5 saturated heterocycles. The fourth-order valence-electron chi connectivity index (χ4n) is 9.06. The zero-order valence-corrected chi connectivity index (χ0v) is 34.9. The van der Waals surface area contributed by atoms with E-state index in [1.54, 1.807) is 23.1 Å². The smallest absolute Gasteiger partial charge is 0.419 e. The van der Waals surface area contributed by atoms with Crippen molar-refractivity contribution in [2.45, 2.75) is 88.1 Å². The fraction of sp³-hybridized carbons (Fsp3) is 0.452. The molecule has 6 aliphatic rings. The molecular weight excluding hydrogens is 835 g/mol. The molecule has 1 aromatic heterocycles. The van der Waals surface area contributed by atoms with Gasteiger partial charge in [0.1, 0.15) is 30.0 Å². The number of piperazine rings is 1. The van der Waals surface area contributed by atoms with Crippen LogP contribution in [-0.2, 0) is 31.8 Å². The lowest BCUT2D eigenvalue weighted by molar-refractivity contribution is -0.138. The average Bonchev–Trinajstić information content (AvgIpc) is 3.45. The van der Waals surface area contributed by atoms with Gasteiger partial charge >= 0.3 is 6.18 Å². The van der Waals surface area contributed by atoms with Gasteiger partial charge in [-0.05, 0) is 105 Å². The topological polar surface area (TPSA) is 163 Å². The molecule has 3 aromatic rings. The quantitative estimate of drug-likeness (QED) is 0.157. The largest absolute Gasteiger partial charge is 0.492 e. The maximum Gasteiger partial charge on any atom is 0.419 e. The number of halogens is 4. The Morgan fingerprint density at radius 1 is 1.03 bits per heavy atom. The minimum Gasteiger partial charge on any atom is -0.492 e. The Labute approximate surface area is 362 Å². The van der Waals surface area contributed by atoms with Crippen LogP contribution in [0, 0.1) is 11.3 Å². The van der Waals surface area contributed by atoms with E-state index in [1.807, 2.05) is 31.2 Å². The van der Waals surface area contributed by atoms with Crippen molar-refractivity contribution >= 4 is 76.1 Å². The Morgan fingerprint density at radius 3 is 2.43 bits per heavy atom. The molecule has 1 spiro atoms. The van der Waals surface area contributed by atoms with Gasteiger partial charge in [0.15, 0.2) is 10.8 Å². The van der Waals surface area contributed by atoms with Crippen LogP contribution in [0.1, 0.15) is 68.7 Å². The second-order valence-electron chi connectivity index (χ2n) is 15.9. The van der Waals surface area contributed by atoms with E-state index < -0.39 is 34.9 Å². The monoisotopic (exact) mass is 879 g/mol. The number of carbonyl (C=O) groups is 4. The van der Waals surface area contributed by atoms with Gasteiger partial charge in [0, 0.05) is 55.2 Å². The molecule has 61 heavy (non-hydrogen) atoms. The lowest BCUT2D eigenvalue weighted by atomic mass is 9.75. The number of aryl methyl sites for hydroxylation is 1. The van der Waals surface area contributed by atoms with Crippen LogP contribution in [0.3, 0.4) is 0 Å². The molecule has 1 unspecified atom stereocenters. The number of carbonyl (C=O) groups excluding carboxylic acids is 4. The van der Waals surface area contributed by atoms with Crippen molar-refractivity contribution in [2.24, 2.45) is 0 Å². The number of imide groups is 1. The number of hydrogen-bond acceptors (Lipinski definition) is 11. The highest BCUT2D eigenvalue weighted by Gasteiger charge is 2.60. The summed E-state index contributed by atoms with van der Waals surface area (Å²) in [7, 11) is 0. The maximum absolute atomic E-state index is 14.0. The molecule has 6 heterocycles. The first-order valence-electron chi connectivity index (χ1n) is 20.2. The molecule has 3 N–H and O–H groups in total. The van der Waals surface area contributed by atoms with Crippen molar-refractivity contribution in [3.63, 3.8) is 0 Å². The molecule has 1 saturated carbocycles. The number of amides is 4. The number of pyridine rings is 1. The van der Waals surface area contributed by atoms with Gasteiger partial charge in [0.25, 0.3) is 5.91 Å². The number of hydrogen-bond donors (Lipinski definition) is 3. The van der Waals surface area contributed by atoms with E-state index in [2.05, 4.69) is 30.7 Å². The number of nitrogens with zero attached hydrogens (tertiary/aromatic N) is 6. The highest BCUT2D eigenvalue weighted by Crippen LogP contribution is 2.49. The third-order valence-corrected chi connectivity index (χ3v) is 12.6. The van der Waals surface area contributed by atoms with E-state index in [4.69, 9.17) is 17.0 Å². The molecule has 5 aliphatic heterocycles. The molecule has 322 valence electrons. The first-order valence-corrected chi connectivity index (χ1v) is 20.6. The van der Waals surface area contributed by atoms with Gasteiger partial charge in [-0.1, -0.05) is 13.0 Å². The summed E-state index contributed by atoms with van der Waals surface area (Å²) in [6.45, 7) is 4.95. The van der Waals surface area contributed by atoms with Gasteiger partial charge in [-0.2, -0.15) is 18.4 Å². The van der Waals surface area contributed by atoms with Crippen molar-refractivity contribution < 1.29 is 37.1 Å². The molecule has 2 aromatic carbocycles. The molecule has 2 bridgehead atoms. The van der Waals surface area contributed by atoms with Crippen LogP contribution in [0.5, 0.6) is 5.75 Å². The molecule has 19 heteroatoms. The van der Waals surface area contributed by atoms with Gasteiger partial charge in [-0.3, -0.25) is 39.2 Å². The third kappa shape index (κ3) is 8.61. The van der Waals surface area contributed by atoms with Crippen LogP contribution >= 0.6 is 24.6 Å². The molecule has 9 rings (SSSR count). The number of piperidine rings is 3. The van der Waals surface area contributed by atoms with Gasteiger partial charge in [-0.25, -0.2) is 4.98 Å². The third-order valence-electron chi connectivity index (χ3n) is 12.3. The number of benzene rings is 2. The SMILES string of the molecule is CCc1cc(N2C(=S)N(c3cnc(C#N)c(C(F)(F)F)c3)C(=O)C23CCC3)ccc1OCCN1C[C@@H]2CC[C@@H]1CN2CC(=O)Nc1cccc(NC2CCC(=O)NC2=O)c1.Cl. The molecule has 1 aliphatic carbocycles. The number of alkyl halides is 3. The van der Waals surface area contributed by atoms with Crippen molar-refractivity contribution in [1.29, 1.82) is 5.26 Å². The van der Waals surface area contributed by atoms with Crippen LogP contribution < -0.4 is 30.5 Å². The highest BCUT2D eigenvalue weighted by atomic mass is 35.5. The van der Waals surface area contributed by atoms with Crippen LogP contribution in [0.4, 0.5) is 35.9 Å². The number of rotatable bonds is 12. The van der Waals surface area contributed by atoms with E-state index in [0.29, 0.717) is 61.6 Å². The van der Waals surface area contributed by atoms with Crippen molar-refractivity contribution in [3.8, 4) is 11.8 Å². The van der Waals surface area contributed by atoms with Gasteiger partial charge in [0.2, 0.25) is 17.7 Å². The number of nitrogens with one attached hydrogen (secondary N) is 3. The van der Waals surface area contributed by atoms with E-state index in [-0.39, 0.29) is 66.0 Å². The molecule has 0 radical (unpaired) electrons. The Bertz CT molecular complexity index is 2290. The summed E-state index contributed by atoms with van der Waals surface area (Å²) >= 11 is 5.80. The van der Waals surface area contributed by atoms with Crippen LogP contribution in [0.2, 0.25) is 0 Å². The van der Waals surface area contributed by atoms with Crippen LogP contribution in [0.15, 0.2) is 54.7 Å². The van der Waals surface area contributed by atoms with Gasteiger partial charge in [-0.15, -0.1) is 12.4 Å². The van der Waals surface area contributed by atoms with Gasteiger partial charge in [0.05, 0.1) is 24.0 Å². The summed E-state index contributed by atoms with van der Waals surface area (Å²) in [4.78, 5) is 62.0. The Morgan fingerprint density at radius 2 is 1.77 bits per heavy atom. The predicted molar refractivity (Wildman–Crippen MR) is 226 cm³/mol. The number of nitriles is 1. The number of thiocarbonyl (C=S) groups is 1. The Hall–Kier alpha value is -5.35. The second-order valence-corrected chi connectivity index (χ2v) is 16.3. The normalized spacial score (nSPS) is 22.4. The summed E-state index contributed by atoms with van der Waals surface area (Å²) < 4.78 is 47.8. The molecule has 4 amide bonds. The second kappa shape index (κ2) is 17.6. The average molecular weight is 880 g/mol. The van der Waals surface area contributed by atoms with E-state index in [9.17, 15) is 37.6 Å². The minimum absolute atomic E-state index is 0. The summed E-state index contributed by atoms with van der Waals surface area (Å²) in [5.74, 6) is -0.488. The van der Waals surface area contributed by atoms with Gasteiger partial charge < -0.3 is 20.3 Å². The molecule has 3 atom stereocenters. The van der Waals surface area contributed by atoms with Crippen molar-refractivity contribution in [1.82, 2.24) is 20.1 Å². The summed E-state index contributed by atoms with van der Waals surface area (Å²) in [5, 5.41) is 17.8. The summed E-state index contributed by atoms with van der Waals surface area (Å²) in [5.41, 5.74) is -0.343. The predicted octanol–water partition coefficient (Wildman–Crippen LogP) is 5.40.